The molecule has 2 heterocycles. The van der Waals surface area contributed by atoms with Crippen LogP contribution >= 0.6 is 0 Å². The molecule has 1 amide bonds. The maximum Gasteiger partial charge on any atom is 0.251 e. The molecule has 0 bridgehead atoms. The second-order valence-electron chi connectivity index (χ2n) is 9.13. The maximum absolute atomic E-state index is 12.7. The summed E-state index contributed by atoms with van der Waals surface area (Å²) in [5, 5.41) is 3.06. The maximum atomic E-state index is 12.7. The minimum absolute atomic E-state index is 0.0724. The van der Waals surface area contributed by atoms with E-state index >= 15 is 0 Å². The van der Waals surface area contributed by atoms with E-state index in [0.29, 0.717) is 23.6 Å². The Hall–Kier alpha value is -3.48. The molecule has 3 aromatic carbocycles. The Morgan fingerprint density at radius 2 is 1.51 bits per heavy atom. The van der Waals surface area contributed by atoms with Crippen LogP contribution in [-0.2, 0) is 19.4 Å². The summed E-state index contributed by atoms with van der Waals surface area (Å²) >= 11 is 0. The van der Waals surface area contributed by atoms with E-state index in [4.69, 9.17) is 4.42 Å². The number of rotatable bonds is 9. The number of fused-ring (bicyclic) bond motifs is 1. The van der Waals surface area contributed by atoms with E-state index in [9.17, 15) is 4.79 Å². The first-order valence-electron chi connectivity index (χ1n) is 12.4. The normalized spacial score (nSPS) is 14.9. The van der Waals surface area contributed by atoms with Gasteiger partial charge in [-0.3, -0.25) is 14.6 Å². The number of nitrogens with zero attached hydrogens (tertiary/aromatic N) is 3. The van der Waals surface area contributed by atoms with Crippen LogP contribution in [0.5, 0.6) is 0 Å². The van der Waals surface area contributed by atoms with Crippen molar-refractivity contribution in [2.75, 3.05) is 39.3 Å². The van der Waals surface area contributed by atoms with Gasteiger partial charge in [-0.1, -0.05) is 60.7 Å². The smallest absolute Gasteiger partial charge is 0.251 e. The molecule has 6 heteroatoms. The second-order valence-corrected chi connectivity index (χ2v) is 9.13. The van der Waals surface area contributed by atoms with Gasteiger partial charge >= 0.3 is 0 Å². The predicted octanol–water partition coefficient (Wildman–Crippen LogP) is 4.16. The Balaban J connectivity index is 1.07. The largest absolute Gasteiger partial charge is 0.441 e. The van der Waals surface area contributed by atoms with Crippen LogP contribution in [0.15, 0.2) is 83.3 Å². The molecule has 1 fully saturated rings. The molecule has 0 atom stereocenters. The quantitative estimate of drug-likeness (QED) is 0.400. The van der Waals surface area contributed by atoms with Gasteiger partial charge in [-0.15, -0.1) is 0 Å². The van der Waals surface area contributed by atoms with Gasteiger partial charge < -0.3 is 9.73 Å². The highest BCUT2D eigenvalue weighted by molar-refractivity contribution is 5.97. The minimum Gasteiger partial charge on any atom is -0.441 e. The summed E-state index contributed by atoms with van der Waals surface area (Å²) in [5.41, 5.74) is 4.68. The molecule has 0 radical (unpaired) electrons. The number of aromatic nitrogens is 1. The van der Waals surface area contributed by atoms with E-state index in [2.05, 4.69) is 62.6 Å². The number of carbonyl (C=O) groups is 1. The van der Waals surface area contributed by atoms with Crippen molar-refractivity contribution in [1.82, 2.24) is 20.1 Å². The molecule has 4 aromatic rings. The summed E-state index contributed by atoms with van der Waals surface area (Å²) in [6, 6.07) is 26.4. The van der Waals surface area contributed by atoms with Crippen molar-refractivity contribution in [3.8, 4) is 0 Å². The lowest BCUT2D eigenvalue weighted by atomic mass is 10.1. The number of oxazole rings is 1. The molecule has 1 aromatic heterocycles. The zero-order valence-electron chi connectivity index (χ0n) is 20.0. The zero-order chi connectivity index (χ0) is 23.9. The standard InChI is InChI=1S/C29H32N4O2/c34-29(30-15-16-32-17-19-33(20-18-32)22-24-9-5-2-6-10-24)25-12-13-26-27(21-25)35-28(31-26)14-11-23-7-3-1-4-8-23/h1-10,12-13,21H,11,14-20,22H2,(H,30,34). The average molecular weight is 469 g/mol. The van der Waals surface area contributed by atoms with E-state index < -0.39 is 0 Å². The van der Waals surface area contributed by atoms with Gasteiger partial charge in [-0.05, 0) is 35.7 Å². The average Bonchev–Trinajstić information content (AvgIpc) is 3.32. The van der Waals surface area contributed by atoms with Gasteiger partial charge in [-0.2, -0.15) is 0 Å². The van der Waals surface area contributed by atoms with E-state index in [0.717, 1.165) is 57.6 Å². The number of amides is 1. The number of nitrogens with one attached hydrogen (secondary N) is 1. The summed E-state index contributed by atoms with van der Waals surface area (Å²) in [6.45, 7) is 6.66. The van der Waals surface area contributed by atoms with E-state index in [1.165, 1.54) is 11.1 Å². The molecule has 1 saturated heterocycles. The summed E-state index contributed by atoms with van der Waals surface area (Å²) < 4.78 is 5.93. The zero-order valence-corrected chi connectivity index (χ0v) is 20.0. The van der Waals surface area contributed by atoms with Crippen molar-refractivity contribution in [3.63, 3.8) is 0 Å². The number of hydrogen-bond acceptors (Lipinski definition) is 5. The van der Waals surface area contributed by atoms with Crippen LogP contribution in [0.4, 0.5) is 0 Å². The Labute approximate surface area is 206 Å². The third-order valence-electron chi connectivity index (χ3n) is 6.59. The highest BCUT2D eigenvalue weighted by atomic mass is 16.3. The molecule has 6 nitrogen and oxygen atoms in total. The predicted molar refractivity (Wildman–Crippen MR) is 138 cm³/mol. The Morgan fingerprint density at radius 1 is 0.829 bits per heavy atom. The van der Waals surface area contributed by atoms with Crippen molar-refractivity contribution in [3.05, 3.63) is 101 Å². The lowest BCUT2D eigenvalue weighted by Crippen LogP contribution is -2.48. The van der Waals surface area contributed by atoms with Gasteiger partial charge in [0.05, 0.1) is 0 Å². The molecule has 35 heavy (non-hydrogen) atoms. The monoisotopic (exact) mass is 468 g/mol. The SMILES string of the molecule is O=C(NCCN1CCN(Cc2ccccc2)CC1)c1ccc2nc(CCc3ccccc3)oc2c1. The topological polar surface area (TPSA) is 61.6 Å². The Kier molecular flexibility index (Phi) is 7.51. The number of hydrogen-bond donors (Lipinski definition) is 1. The molecule has 0 unspecified atom stereocenters. The molecule has 5 rings (SSSR count). The van der Waals surface area contributed by atoms with Gasteiger partial charge in [0, 0.05) is 57.8 Å². The van der Waals surface area contributed by atoms with Crippen molar-refractivity contribution < 1.29 is 9.21 Å². The Morgan fingerprint density at radius 3 is 2.26 bits per heavy atom. The number of piperazine rings is 1. The van der Waals surface area contributed by atoms with Gasteiger partial charge in [0.15, 0.2) is 11.5 Å². The van der Waals surface area contributed by atoms with Gasteiger partial charge in [0.2, 0.25) is 0 Å². The fourth-order valence-electron chi connectivity index (χ4n) is 4.56. The second kappa shape index (κ2) is 11.3. The first-order valence-corrected chi connectivity index (χ1v) is 12.4. The highest BCUT2D eigenvalue weighted by Gasteiger charge is 2.17. The molecule has 0 aliphatic carbocycles. The summed E-state index contributed by atoms with van der Waals surface area (Å²) in [5.74, 6) is 0.629. The van der Waals surface area contributed by atoms with Crippen molar-refractivity contribution in [2.45, 2.75) is 19.4 Å². The van der Waals surface area contributed by atoms with Crippen molar-refractivity contribution in [1.29, 1.82) is 0 Å². The highest BCUT2D eigenvalue weighted by Crippen LogP contribution is 2.19. The van der Waals surface area contributed by atoms with Crippen LogP contribution in [0.2, 0.25) is 0 Å². The van der Waals surface area contributed by atoms with E-state index in [1.54, 1.807) is 6.07 Å². The first kappa shape index (κ1) is 23.3. The van der Waals surface area contributed by atoms with Crippen LogP contribution in [0, 0.1) is 0 Å². The van der Waals surface area contributed by atoms with Crippen LogP contribution in [0.1, 0.15) is 27.4 Å². The molecule has 0 spiro atoms. The minimum atomic E-state index is -0.0724. The third-order valence-corrected chi connectivity index (χ3v) is 6.59. The molecule has 1 aliphatic rings. The lowest BCUT2D eigenvalue weighted by molar-refractivity contribution is 0.0934. The lowest BCUT2D eigenvalue weighted by Gasteiger charge is -2.34. The van der Waals surface area contributed by atoms with Gasteiger partial charge in [-0.25, -0.2) is 4.98 Å². The van der Waals surface area contributed by atoms with Crippen molar-refractivity contribution in [2.24, 2.45) is 0 Å². The third kappa shape index (κ3) is 6.35. The molecule has 1 aliphatic heterocycles. The van der Waals surface area contributed by atoms with E-state index in [1.807, 2.05) is 30.3 Å². The molecule has 0 saturated carbocycles. The molecular weight excluding hydrogens is 436 g/mol. The molecular formula is C29H32N4O2. The summed E-state index contributed by atoms with van der Waals surface area (Å²) in [4.78, 5) is 22.2. The van der Waals surface area contributed by atoms with Gasteiger partial charge in [0.25, 0.3) is 5.91 Å². The summed E-state index contributed by atoms with van der Waals surface area (Å²) in [6.07, 6.45) is 1.61. The Bertz CT molecular complexity index is 1230. The van der Waals surface area contributed by atoms with Crippen LogP contribution in [-0.4, -0.2) is 60.0 Å². The first-order chi connectivity index (χ1) is 17.2. The molecule has 180 valence electrons. The van der Waals surface area contributed by atoms with Crippen LogP contribution < -0.4 is 5.32 Å². The van der Waals surface area contributed by atoms with E-state index in [-0.39, 0.29) is 5.91 Å². The number of benzene rings is 3. The number of carbonyl (C=O) groups excluding carboxylic acids is 1. The summed E-state index contributed by atoms with van der Waals surface area (Å²) in [7, 11) is 0. The van der Waals surface area contributed by atoms with Crippen LogP contribution in [0.25, 0.3) is 11.1 Å². The molecule has 1 N–H and O–H groups in total. The number of aryl methyl sites for hydroxylation is 2. The van der Waals surface area contributed by atoms with Crippen molar-refractivity contribution >= 4 is 17.0 Å². The fourth-order valence-corrected chi connectivity index (χ4v) is 4.56. The fraction of sp³-hybridized carbons (Fsp3) is 0.310. The van der Waals surface area contributed by atoms with Gasteiger partial charge in [0.1, 0.15) is 5.52 Å². The van der Waals surface area contributed by atoms with Crippen LogP contribution in [0.3, 0.4) is 0 Å².